The first kappa shape index (κ1) is 18.4. The van der Waals surface area contributed by atoms with Crippen LogP contribution in [-0.4, -0.2) is 28.0 Å². The van der Waals surface area contributed by atoms with Gasteiger partial charge in [-0.2, -0.15) is 0 Å². The third-order valence-electron chi connectivity index (χ3n) is 4.78. The fourth-order valence-electron chi connectivity index (χ4n) is 3.36. The number of rotatable bonds is 5. The molecule has 4 heterocycles. The Morgan fingerprint density at radius 2 is 2.29 bits per heavy atom. The first-order valence-corrected chi connectivity index (χ1v) is 9.80. The predicted octanol–water partition coefficient (Wildman–Crippen LogP) is 2.34. The van der Waals surface area contributed by atoms with E-state index in [2.05, 4.69) is 10.3 Å². The van der Waals surface area contributed by atoms with E-state index in [4.69, 9.17) is 9.15 Å². The third-order valence-corrected chi connectivity index (χ3v) is 5.94. The van der Waals surface area contributed by atoms with Crippen LogP contribution in [0.25, 0.3) is 10.2 Å². The fraction of sp³-hybridized carbons (Fsp3) is 0.368. The molecule has 0 aliphatic carbocycles. The van der Waals surface area contributed by atoms with E-state index < -0.39 is 18.5 Å². The summed E-state index contributed by atoms with van der Waals surface area (Å²) in [6, 6.07) is 3.15. The summed E-state index contributed by atoms with van der Waals surface area (Å²) in [6.45, 7) is 3.72. The van der Waals surface area contributed by atoms with Crippen molar-refractivity contribution >= 4 is 33.4 Å². The number of nitrogens with one attached hydrogen (secondary N) is 1. The van der Waals surface area contributed by atoms with Gasteiger partial charge in [0.25, 0.3) is 11.5 Å². The molecule has 8 nitrogen and oxygen atoms in total. The molecule has 1 aliphatic heterocycles. The Hall–Kier alpha value is -2.94. The van der Waals surface area contributed by atoms with Crippen LogP contribution in [0.15, 0.2) is 27.6 Å². The molecule has 28 heavy (non-hydrogen) atoms. The highest BCUT2D eigenvalue weighted by Gasteiger charge is 2.24. The van der Waals surface area contributed by atoms with Crippen molar-refractivity contribution < 1.29 is 18.7 Å². The van der Waals surface area contributed by atoms with Crippen LogP contribution in [0, 0.1) is 6.92 Å². The highest BCUT2D eigenvalue weighted by atomic mass is 32.1. The Kier molecular flexibility index (Phi) is 4.76. The number of ether oxygens (including phenoxy) is 1. The Labute approximate surface area is 164 Å². The second-order valence-electron chi connectivity index (χ2n) is 6.71. The minimum atomic E-state index is -0.633. The van der Waals surface area contributed by atoms with E-state index in [1.54, 1.807) is 30.5 Å². The molecule has 0 unspecified atom stereocenters. The van der Waals surface area contributed by atoms with Gasteiger partial charge in [-0.3, -0.25) is 14.2 Å². The van der Waals surface area contributed by atoms with E-state index in [0.29, 0.717) is 33.0 Å². The Bertz CT molecular complexity index is 1110. The average molecular weight is 401 g/mol. The molecule has 9 heteroatoms. The van der Waals surface area contributed by atoms with Crippen molar-refractivity contribution in [2.75, 3.05) is 6.61 Å². The molecule has 146 valence electrons. The zero-order valence-electron chi connectivity index (χ0n) is 15.5. The summed E-state index contributed by atoms with van der Waals surface area (Å²) in [7, 11) is 0. The van der Waals surface area contributed by atoms with Crippen LogP contribution in [0.3, 0.4) is 0 Å². The van der Waals surface area contributed by atoms with E-state index in [-0.39, 0.29) is 11.6 Å². The summed E-state index contributed by atoms with van der Waals surface area (Å²) in [5.41, 5.74) is 0.435. The van der Waals surface area contributed by atoms with Gasteiger partial charge < -0.3 is 14.5 Å². The van der Waals surface area contributed by atoms with E-state index >= 15 is 0 Å². The van der Waals surface area contributed by atoms with Crippen molar-refractivity contribution in [3.8, 4) is 0 Å². The number of thiophene rings is 1. The highest BCUT2D eigenvalue weighted by molar-refractivity contribution is 7.20. The van der Waals surface area contributed by atoms with E-state index in [0.717, 1.165) is 30.0 Å². The summed E-state index contributed by atoms with van der Waals surface area (Å²) >= 11 is 1.13. The predicted molar refractivity (Wildman–Crippen MR) is 102 cm³/mol. The smallest absolute Gasteiger partial charge is 0.349 e. The molecule has 0 bridgehead atoms. The molecule has 4 rings (SSSR count). The molecule has 1 amide bonds. The van der Waals surface area contributed by atoms with Crippen LogP contribution < -0.4 is 10.9 Å². The second kappa shape index (κ2) is 7.23. The normalized spacial score (nSPS) is 14.1. The number of hydrogen-bond acceptors (Lipinski definition) is 7. The van der Waals surface area contributed by atoms with Crippen LogP contribution in [0.4, 0.5) is 0 Å². The largest absolute Gasteiger partial charge is 0.467 e. The SMILES string of the molecule is Cc1c(C(=O)OCC(=O)N[C@H](C)c2ccco2)sc2nc3n(c(=O)c12)CCC3. The number of hydrogen-bond donors (Lipinski definition) is 1. The van der Waals surface area contributed by atoms with Crippen molar-refractivity contribution in [3.05, 3.63) is 50.8 Å². The van der Waals surface area contributed by atoms with Gasteiger partial charge in [-0.25, -0.2) is 9.78 Å². The van der Waals surface area contributed by atoms with Crippen LogP contribution in [-0.2, 0) is 22.5 Å². The molecule has 0 aromatic carbocycles. The number of aryl methyl sites for hydroxylation is 2. The minimum absolute atomic E-state index is 0.115. The van der Waals surface area contributed by atoms with Gasteiger partial charge in [0, 0.05) is 13.0 Å². The van der Waals surface area contributed by atoms with Gasteiger partial charge in [0.1, 0.15) is 21.3 Å². The summed E-state index contributed by atoms with van der Waals surface area (Å²) < 4.78 is 12.0. The number of aromatic nitrogens is 2. The molecule has 0 radical (unpaired) electrons. The maximum Gasteiger partial charge on any atom is 0.349 e. The highest BCUT2D eigenvalue weighted by Crippen LogP contribution is 2.29. The Balaban J connectivity index is 1.47. The fourth-order valence-corrected chi connectivity index (χ4v) is 4.44. The molecule has 1 N–H and O–H groups in total. The molecule has 1 aliphatic rings. The molecule has 0 spiro atoms. The summed E-state index contributed by atoms with van der Waals surface area (Å²) in [4.78, 5) is 42.6. The molecule has 0 saturated carbocycles. The van der Waals surface area contributed by atoms with Crippen LogP contribution in [0.2, 0.25) is 0 Å². The summed E-state index contributed by atoms with van der Waals surface area (Å²) in [6.07, 6.45) is 3.18. The van der Waals surface area contributed by atoms with Gasteiger partial charge in [-0.05, 0) is 38.0 Å². The Morgan fingerprint density at radius 1 is 1.46 bits per heavy atom. The van der Waals surface area contributed by atoms with Crippen molar-refractivity contribution in [1.82, 2.24) is 14.9 Å². The van der Waals surface area contributed by atoms with Gasteiger partial charge in [0.05, 0.1) is 17.7 Å². The molecular formula is C19H19N3O5S. The second-order valence-corrected chi connectivity index (χ2v) is 7.70. The van der Waals surface area contributed by atoms with Gasteiger partial charge in [0.2, 0.25) is 0 Å². The zero-order chi connectivity index (χ0) is 19.8. The lowest BCUT2D eigenvalue weighted by Gasteiger charge is -2.11. The van der Waals surface area contributed by atoms with E-state index in [9.17, 15) is 14.4 Å². The van der Waals surface area contributed by atoms with Crippen molar-refractivity contribution in [1.29, 1.82) is 0 Å². The molecule has 1 atom stereocenters. The third kappa shape index (κ3) is 3.22. The lowest BCUT2D eigenvalue weighted by atomic mass is 10.2. The minimum Gasteiger partial charge on any atom is -0.467 e. The average Bonchev–Trinajstić information content (AvgIpc) is 3.40. The number of amides is 1. The number of carbonyl (C=O) groups is 2. The van der Waals surface area contributed by atoms with Crippen molar-refractivity contribution in [3.63, 3.8) is 0 Å². The van der Waals surface area contributed by atoms with Crippen molar-refractivity contribution in [2.24, 2.45) is 0 Å². The molecule has 0 saturated heterocycles. The van der Waals surface area contributed by atoms with Gasteiger partial charge in [-0.15, -0.1) is 11.3 Å². The molecule has 3 aromatic rings. The van der Waals surface area contributed by atoms with E-state index in [1.165, 1.54) is 6.26 Å². The van der Waals surface area contributed by atoms with E-state index in [1.807, 2.05) is 0 Å². The molecule has 0 fully saturated rings. The van der Waals surface area contributed by atoms with Crippen LogP contribution in [0.1, 0.15) is 46.2 Å². The number of furan rings is 1. The number of nitrogens with zero attached hydrogens (tertiary/aromatic N) is 2. The molecular weight excluding hydrogens is 382 g/mol. The van der Waals surface area contributed by atoms with Gasteiger partial charge >= 0.3 is 5.97 Å². The lowest BCUT2D eigenvalue weighted by Crippen LogP contribution is -2.30. The quantitative estimate of drug-likeness (QED) is 0.658. The summed E-state index contributed by atoms with van der Waals surface area (Å²) in [5, 5.41) is 3.15. The van der Waals surface area contributed by atoms with Gasteiger partial charge in [-0.1, -0.05) is 0 Å². The first-order valence-electron chi connectivity index (χ1n) is 8.98. The topological polar surface area (TPSA) is 103 Å². The van der Waals surface area contributed by atoms with Crippen LogP contribution >= 0.6 is 11.3 Å². The maximum absolute atomic E-state index is 12.7. The van der Waals surface area contributed by atoms with Crippen molar-refractivity contribution in [2.45, 2.75) is 39.3 Å². The number of fused-ring (bicyclic) bond motifs is 2. The monoisotopic (exact) mass is 401 g/mol. The number of esters is 1. The summed E-state index contributed by atoms with van der Waals surface area (Å²) in [5.74, 6) is 0.295. The molecule has 3 aromatic heterocycles. The number of carbonyl (C=O) groups excluding carboxylic acids is 2. The zero-order valence-corrected chi connectivity index (χ0v) is 16.3. The Morgan fingerprint density at radius 3 is 3.04 bits per heavy atom. The lowest BCUT2D eigenvalue weighted by molar-refractivity contribution is -0.125. The first-order chi connectivity index (χ1) is 13.5. The maximum atomic E-state index is 12.7. The van der Waals surface area contributed by atoms with Crippen LogP contribution in [0.5, 0.6) is 0 Å². The van der Waals surface area contributed by atoms with Gasteiger partial charge in [0.15, 0.2) is 6.61 Å². The standard InChI is InChI=1S/C19H19N3O5S/c1-10-15-17(21-13-6-3-7-22(13)18(15)24)28-16(10)19(25)27-9-14(23)20-11(2)12-5-4-8-26-12/h4-5,8,11H,3,6-7,9H2,1-2H3,(H,20,23)/t11-/m1/s1.